The molecular weight excluding hydrogens is 361 g/mol. The number of aromatic amines is 1. The maximum atomic E-state index is 13.4. The molecule has 0 unspecified atom stereocenters. The zero-order valence-corrected chi connectivity index (χ0v) is 15.3. The van der Waals surface area contributed by atoms with Crippen molar-refractivity contribution in [3.05, 3.63) is 59.5 Å². The Balaban J connectivity index is 1.23. The van der Waals surface area contributed by atoms with Crippen LogP contribution in [0, 0.1) is 5.82 Å². The number of hydrogen-bond acceptors (Lipinski definition) is 4. The number of carbonyl (C=O) groups excluding carboxylic acids is 1. The number of carbonyl (C=O) groups is 1. The highest BCUT2D eigenvalue weighted by Gasteiger charge is 2.24. The van der Waals surface area contributed by atoms with E-state index in [9.17, 15) is 9.18 Å². The minimum Gasteiger partial charge on any atom is -0.454 e. The van der Waals surface area contributed by atoms with E-state index in [-0.39, 0.29) is 18.5 Å². The molecule has 2 aliphatic rings. The van der Waals surface area contributed by atoms with Gasteiger partial charge < -0.3 is 19.4 Å². The Labute approximate surface area is 161 Å². The Bertz CT molecular complexity index is 1040. The molecule has 6 nitrogen and oxygen atoms in total. The molecule has 144 valence electrons. The molecule has 1 aromatic heterocycles. The lowest BCUT2D eigenvalue weighted by Gasteiger charge is -2.34. The van der Waals surface area contributed by atoms with E-state index in [0.29, 0.717) is 24.2 Å². The van der Waals surface area contributed by atoms with Gasteiger partial charge in [0.2, 0.25) is 6.79 Å². The summed E-state index contributed by atoms with van der Waals surface area (Å²) in [5, 5.41) is 0.759. The van der Waals surface area contributed by atoms with Crippen LogP contribution in [0.3, 0.4) is 0 Å². The van der Waals surface area contributed by atoms with Gasteiger partial charge in [0.15, 0.2) is 11.5 Å². The largest absolute Gasteiger partial charge is 0.454 e. The molecule has 0 aliphatic carbocycles. The second-order valence-corrected chi connectivity index (χ2v) is 7.15. The van der Waals surface area contributed by atoms with E-state index in [0.717, 1.165) is 36.5 Å². The normalized spacial score (nSPS) is 16.7. The Hall–Kier alpha value is -3.06. The Kier molecular flexibility index (Phi) is 4.16. The molecule has 1 amide bonds. The van der Waals surface area contributed by atoms with Crippen molar-refractivity contribution < 1.29 is 18.7 Å². The van der Waals surface area contributed by atoms with E-state index in [1.807, 2.05) is 17.0 Å². The molecule has 0 spiro atoms. The first-order valence-corrected chi connectivity index (χ1v) is 9.34. The van der Waals surface area contributed by atoms with Gasteiger partial charge in [-0.25, -0.2) is 4.39 Å². The Morgan fingerprint density at radius 1 is 1.04 bits per heavy atom. The highest BCUT2D eigenvalue weighted by atomic mass is 19.1. The van der Waals surface area contributed by atoms with Crippen LogP contribution in [0.15, 0.2) is 42.6 Å². The first-order valence-electron chi connectivity index (χ1n) is 9.34. The number of rotatable bonds is 3. The lowest BCUT2D eigenvalue weighted by Crippen LogP contribution is -2.48. The standard InChI is InChI=1S/C21H20FN3O3/c22-15-2-3-16-17(11-23-18(16)10-15)21(26)25-7-5-24(6-8-25)12-14-1-4-19-20(9-14)28-13-27-19/h1-4,9-11,23H,5-8,12-13H2. The fraction of sp³-hybridized carbons (Fsp3) is 0.286. The predicted molar refractivity (Wildman–Crippen MR) is 102 cm³/mol. The van der Waals surface area contributed by atoms with Gasteiger partial charge in [0.25, 0.3) is 5.91 Å². The van der Waals surface area contributed by atoms with E-state index < -0.39 is 0 Å². The number of aromatic nitrogens is 1. The van der Waals surface area contributed by atoms with Crippen molar-refractivity contribution in [1.29, 1.82) is 0 Å². The second-order valence-electron chi connectivity index (χ2n) is 7.15. The van der Waals surface area contributed by atoms with Gasteiger partial charge in [0, 0.05) is 49.8 Å². The van der Waals surface area contributed by atoms with Gasteiger partial charge in [-0.3, -0.25) is 9.69 Å². The van der Waals surface area contributed by atoms with Crippen LogP contribution in [0.2, 0.25) is 0 Å². The first kappa shape index (κ1) is 17.1. The van der Waals surface area contributed by atoms with Gasteiger partial charge in [-0.05, 0) is 35.9 Å². The van der Waals surface area contributed by atoms with Crippen LogP contribution < -0.4 is 9.47 Å². The maximum Gasteiger partial charge on any atom is 0.256 e. The maximum absolute atomic E-state index is 13.4. The SMILES string of the molecule is O=C(c1c[nH]c2cc(F)ccc12)N1CCN(Cc2ccc3c(c2)OCO3)CC1. The summed E-state index contributed by atoms with van der Waals surface area (Å²) >= 11 is 0. The molecule has 0 bridgehead atoms. The van der Waals surface area contributed by atoms with E-state index in [1.165, 1.54) is 17.7 Å². The van der Waals surface area contributed by atoms with Gasteiger partial charge in [0.05, 0.1) is 5.56 Å². The van der Waals surface area contributed by atoms with Gasteiger partial charge in [-0.2, -0.15) is 0 Å². The fourth-order valence-corrected chi connectivity index (χ4v) is 3.85. The molecule has 3 heterocycles. The lowest BCUT2D eigenvalue weighted by molar-refractivity contribution is 0.0630. The number of benzene rings is 2. The third-order valence-electron chi connectivity index (χ3n) is 5.38. The third kappa shape index (κ3) is 3.07. The summed E-state index contributed by atoms with van der Waals surface area (Å²) in [7, 11) is 0. The van der Waals surface area contributed by atoms with Gasteiger partial charge in [-0.15, -0.1) is 0 Å². The fourth-order valence-electron chi connectivity index (χ4n) is 3.85. The highest BCUT2D eigenvalue weighted by molar-refractivity contribution is 6.06. The number of piperazine rings is 1. The number of halogens is 1. The van der Waals surface area contributed by atoms with Crippen LogP contribution in [0.5, 0.6) is 11.5 Å². The molecule has 7 heteroatoms. The number of hydrogen-bond donors (Lipinski definition) is 1. The van der Waals surface area contributed by atoms with Crippen LogP contribution in [0.25, 0.3) is 10.9 Å². The molecule has 0 radical (unpaired) electrons. The van der Waals surface area contributed by atoms with Gasteiger partial charge >= 0.3 is 0 Å². The summed E-state index contributed by atoms with van der Waals surface area (Å²) in [5.41, 5.74) is 2.41. The van der Waals surface area contributed by atoms with Crippen LogP contribution in [-0.4, -0.2) is 53.7 Å². The molecule has 2 aromatic carbocycles. The summed E-state index contributed by atoms with van der Waals surface area (Å²) in [6, 6.07) is 10.5. The number of ether oxygens (including phenoxy) is 2. The molecule has 5 rings (SSSR count). The lowest BCUT2D eigenvalue weighted by atomic mass is 10.1. The van der Waals surface area contributed by atoms with Crippen molar-refractivity contribution in [3.63, 3.8) is 0 Å². The molecule has 0 atom stereocenters. The highest BCUT2D eigenvalue weighted by Crippen LogP contribution is 2.33. The molecule has 28 heavy (non-hydrogen) atoms. The summed E-state index contributed by atoms with van der Waals surface area (Å²) < 4.78 is 24.2. The Morgan fingerprint density at radius 3 is 2.71 bits per heavy atom. The molecule has 0 saturated carbocycles. The quantitative estimate of drug-likeness (QED) is 0.758. The monoisotopic (exact) mass is 381 g/mol. The number of amides is 1. The number of fused-ring (bicyclic) bond motifs is 2. The molecule has 3 aromatic rings. The van der Waals surface area contributed by atoms with Gasteiger partial charge in [-0.1, -0.05) is 6.07 Å². The minimum atomic E-state index is -0.314. The van der Waals surface area contributed by atoms with Crippen molar-refractivity contribution in [1.82, 2.24) is 14.8 Å². The molecule has 1 N–H and O–H groups in total. The summed E-state index contributed by atoms with van der Waals surface area (Å²) in [6.07, 6.45) is 1.67. The molecular formula is C21H20FN3O3. The van der Waals surface area contributed by atoms with Crippen molar-refractivity contribution in [2.24, 2.45) is 0 Å². The summed E-state index contributed by atoms with van der Waals surface area (Å²) in [5.74, 6) is 1.26. The van der Waals surface area contributed by atoms with Crippen LogP contribution in [0.1, 0.15) is 15.9 Å². The van der Waals surface area contributed by atoms with E-state index in [2.05, 4.69) is 16.0 Å². The van der Waals surface area contributed by atoms with Crippen LogP contribution in [0.4, 0.5) is 4.39 Å². The third-order valence-corrected chi connectivity index (χ3v) is 5.38. The van der Waals surface area contributed by atoms with Crippen LogP contribution >= 0.6 is 0 Å². The number of nitrogens with one attached hydrogen (secondary N) is 1. The smallest absolute Gasteiger partial charge is 0.256 e. The first-order chi connectivity index (χ1) is 13.7. The average molecular weight is 381 g/mol. The molecule has 2 aliphatic heterocycles. The van der Waals surface area contributed by atoms with Gasteiger partial charge in [0.1, 0.15) is 5.82 Å². The zero-order valence-electron chi connectivity index (χ0n) is 15.3. The number of nitrogens with zero attached hydrogens (tertiary/aromatic N) is 2. The van der Waals surface area contributed by atoms with Crippen LogP contribution in [-0.2, 0) is 6.54 Å². The zero-order chi connectivity index (χ0) is 19.1. The van der Waals surface area contributed by atoms with Crippen molar-refractivity contribution in [2.45, 2.75) is 6.54 Å². The van der Waals surface area contributed by atoms with Crippen molar-refractivity contribution >= 4 is 16.8 Å². The minimum absolute atomic E-state index is 0.0133. The average Bonchev–Trinajstić information content (AvgIpc) is 3.34. The topological polar surface area (TPSA) is 57.8 Å². The summed E-state index contributed by atoms with van der Waals surface area (Å²) in [4.78, 5) is 20.1. The predicted octanol–water partition coefficient (Wildman–Crippen LogP) is 2.99. The molecule has 1 saturated heterocycles. The molecule has 1 fully saturated rings. The summed E-state index contributed by atoms with van der Waals surface area (Å²) in [6.45, 7) is 4.02. The Morgan fingerprint density at radius 2 is 1.86 bits per heavy atom. The second kappa shape index (κ2) is 6.83. The van der Waals surface area contributed by atoms with E-state index in [4.69, 9.17) is 9.47 Å². The number of H-pyrrole nitrogens is 1. The van der Waals surface area contributed by atoms with E-state index >= 15 is 0 Å². The van der Waals surface area contributed by atoms with Crippen molar-refractivity contribution in [3.8, 4) is 11.5 Å². The van der Waals surface area contributed by atoms with Crippen molar-refractivity contribution in [2.75, 3.05) is 33.0 Å². The van der Waals surface area contributed by atoms with E-state index in [1.54, 1.807) is 12.3 Å².